The standard InChI is InChI=1S/C75H141NO5/c1-3-5-7-9-11-13-15-17-18-19-20-21-22-26-29-32-35-38-41-44-47-51-55-59-63-67-73(78)72(71-77)76-74(79)68-64-60-56-52-48-45-42-39-36-33-30-27-24-23-25-28-31-34-37-40-43-46-50-54-58-62-66-70-81-75(80)69-65-61-57-53-49-16-14-12-10-8-6-4-2/h12,14,23-24,28,31,63,67,72-73,77-78H,3-11,13,15-22,25-27,29-30,32-62,64-66,68-71H2,1-2H3,(H,76,79)/b14-12-,24-23-,31-28-,67-63+. The summed E-state index contributed by atoms with van der Waals surface area (Å²) in [6.45, 7) is 4.90. The molecule has 0 heterocycles. The van der Waals surface area contributed by atoms with Crippen LogP contribution in [0.3, 0.4) is 0 Å². The Morgan fingerprint density at radius 2 is 0.617 bits per heavy atom. The Labute approximate surface area is 506 Å². The Balaban J connectivity index is 3.45. The minimum Gasteiger partial charge on any atom is -0.466 e. The molecule has 0 aliphatic rings. The predicted molar refractivity (Wildman–Crippen MR) is 356 cm³/mol. The molecular formula is C75H141NO5. The highest BCUT2D eigenvalue weighted by Crippen LogP contribution is 2.18. The molecule has 0 aromatic carbocycles. The van der Waals surface area contributed by atoms with E-state index in [0.717, 1.165) is 51.4 Å². The van der Waals surface area contributed by atoms with Crippen LogP contribution < -0.4 is 5.32 Å². The van der Waals surface area contributed by atoms with Crippen molar-refractivity contribution in [2.24, 2.45) is 0 Å². The van der Waals surface area contributed by atoms with E-state index < -0.39 is 12.1 Å². The van der Waals surface area contributed by atoms with Gasteiger partial charge in [-0.1, -0.05) is 339 Å². The van der Waals surface area contributed by atoms with Gasteiger partial charge in [0.05, 0.1) is 25.4 Å². The first-order valence-electron chi connectivity index (χ1n) is 36.4. The number of ether oxygens (including phenoxy) is 1. The highest BCUT2D eigenvalue weighted by atomic mass is 16.5. The lowest BCUT2D eigenvalue weighted by Gasteiger charge is -2.20. The summed E-state index contributed by atoms with van der Waals surface area (Å²) in [5, 5.41) is 23.3. The summed E-state index contributed by atoms with van der Waals surface area (Å²) in [6.07, 6.45) is 92.0. The second-order valence-corrected chi connectivity index (χ2v) is 24.9. The molecule has 0 spiro atoms. The lowest BCUT2D eigenvalue weighted by atomic mass is 10.0. The van der Waals surface area contributed by atoms with E-state index in [2.05, 4.69) is 55.6 Å². The van der Waals surface area contributed by atoms with Gasteiger partial charge >= 0.3 is 5.97 Å². The summed E-state index contributed by atoms with van der Waals surface area (Å²) in [5.41, 5.74) is 0. The van der Waals surface area contributed by atoms with Crippen molar-refractivity contribution in [2.45, 2.75) is 405 Å². The third kappa shape index (κ3) is 66.8. The molecular weight excluding hydrogens is 995 g/mol. The topological polar surface area (TPSA) is 95.9 Å². The van der Waals surface area contributed by atoms with Gasteiger partial charge in [-0.2, -0.15) is 0 Å². The van der Waals surface area contributed by atoms with Gasteiger partial charge in [-0.15, -0.1) is 0 Å². The van der Waals surface area contributed by atoms with E-state index in [4.69, 9.17) is 4.74 Å². The third-order valence-electron chi connectivity index (χ3n) is 16.8. The number of rotatable bonds is 68. The maximum atomic E-state index is 12.5. The Morgan fingerprint density at radius 1 is 0.346 bits per heavy atom. The van der Waals surface area contributed by atoms with Crippen molar-refractivity contribution in [3.8, 4) is 0 Å². The highest BCUT2D eigenvalue weighted by Gasteiger charge is 2.18. The van der Waals surface area contributed by atoms with E-state index in [0.29, 0.717) is 19.4 Å². The first-order chi connectivity index (χ1) is 40.0. The van der Waals surface area contributed by atoms with Crippen LogP contribution in [0.5, 0.6) is 0 Å². The van der Waals surface area contributed by atoms with Gasteiger partial charge in [0.15, 0.2) is 0 Å². The number of hydrogen-bond acceptors (Lipinski definition) is 5. The first kappa shape index (κ1) is 78.8. The van der Waals surface area contributed by atoms with Crippen molar-refractivity contribution in [2.75, 3.05) is 13.2 Å². The van der Waals surface area contributed by atoms with E-state index in [1.54, 1.807) is 6.08 Å². The normalized spacial score (nSPS) is 12.8. The Bertz CT molecular complexity index is 1360. The number of carbonyl (C=O) groups is 2. The van der Waals surface area contributed by atoms with Crippen LogP contribution in [0.4, 0.5) is 0 Å². The van der Waals surface area contributed by atoms with Crippen LogP contribution in [0.25, 0.3) is 0 Å². The number of carbonyl (C=O) groups excluding carboxylic acids is 2. The minimum absolute atomic E-state index is 0.000324. The molecule has 0 fully saturated rings. The number of esters is 1. The second-order valence-electron chi connectivity index (χ2n) is 24.9. The monoisotopic (exact) mass is 1140 g/mol. The van der Waals surface area contributed by atoms with E-state index in [1.165, 1.54) is 315 Å². The van der Waals surface area contributed by atoms with Crippen LogP contribution >= 0.6 is 0 Å². The number of hydrogen-bond donors (Lipinski definition) is 3. The fourth-order valence-corrected chi connectivity index (χ4v) is 11.3. The molecule has 0 aromatic heterocycles. The molecule has 0 radical (unpaired) electrons. The lowest BCUT2D eigenvalue weighted by Crippen LogP contribution is -2.45. The molecule has 0 saturated carbocycles. The summed E-state index contributed by atoms with van der Waals surface area (Å²) in [5.74, 6) is -0.0671. The van der Waals surface area contributed by atoms with Gasteiger partial charge in [0.25, 0.3) is 0 Å². The van der Waals surface area contributed by atoms with Crippen molar-refractivity contribution >= 4 is 11.9 Å². The molecule has 0 aliphatic heterocycles. The van der Waals surface area contributed by atoms with Gasteiger partial charge in [0.1, 0.15) is 0 Å². The third-order valence-corrected chi connectivity index (χ3v) is 16.8. The van der Waals surface area contributed by atoms with E-state index >= 15 is 0 Å². The lowest BCUT2D eigenvalue weighted by molar-refractivity contribution is -0.143. The van der Waals surface area contributed by atoms with Gasteiger partial charge in [-0.3, -0.25) is 9.59 Å². The largest absolute Gasteiger partial charge is 0.466 e. The molecule has 6 nitrogen and oxygen atoms in total. The molecule has 1 amide bonds. The number of unbranched alkanes of at least 4 members (excludes halogenated alkanes) is 51. The van der Waals surface area contributed by atoms with Crippen LogP contribution in [0, 0.1) is 0 Å². The summed E-state index contributed by atoms with van der Waals surface area (Å²) in [7, 11) is 0. The molecule has 6 heteroatoms. The fourth-order valence-electron chi connectivity index (χ4n) is 11.3. The number of amides is 1. The van der Waals surface area contributed by atoms with Gasteiger partial charge in [-0.25, -0.2) is 0 Å². The predicted octanol–water partition coefficient (Wildman–Crippen LogP) is 23.6. The number of allylic oxidation sites excluding steroid dienone is 7. The van der Waals surface area contributed by atoms with E-state index in [9.17, 15) is 19.8 Å². The number of nitrogens with one attached hydrogen (secondary N) is 1. The second kappa shape index (κ2) is 70.3. The molecule has 0 saturated heterocycles. The summed E-state index contributed by atoms with van der Waals surface area (Å²) < 4.78 is 5.47. The van der Waals surface area contributed by atoms with Crippen molar-refractivity contribution < 1.29 is 24.5 Å². The van der Waals surface area contributed by atoms with Crippen LogP contribution in [-0.4, -0.2) is 47.4 Å². The molecule has 476 valence electrons. The van der Waals surface area contributed by atoms with E-state index in [1.807, 2.05) is 6.08 Å². The SMILES string of the molecule is CCCCC/C=C\CCCCCCCC(=O)OCCCCCCCCCCC/C=C\C/C=C\CCCCCCCCCCCCCC(=O)NC(CO)C(O)/C=C/CCCCCCCCCCCCCCCCCCCCCCCCC. The molecule has 0 aliphatic carbocycles. The van der Waals surface area contributed by atoms with Crippen molar-refractivity contribution in [3.63, 3.8) is 0 Å². The van der Waals surface area contributed by atoms with Crippen molar-refractivity contribution in [1.29, 1.82) is 0 Å². The molecule has 0 aromatic rings. The zero-order valence-electron chi connectivity index (χ0n) is 54.5. The Kier molecular flexibility index (Phi) is 68.4. The Hall–Kier alpha value is -2.18. The van der Waals surface area contributed by atoms with Crippen LogP contribution in [0.2, 0.25) is 0 Å². The maximum Gasteiger partial charge on any atom is 0.305 e. The molecule has 81 heavy (non-hydrogen) atoms. The smallest absolute Gasteiger partial charge is 0.305 e. The summed E-state index contributed by atoms with van der Waals surface area (Å²) in [6, 6.07) is -0.633. The number of aliphatic hydroxyl groups excluding tert-OH is 2. The fraction of sp³-hybridized carbons (Fsp3) is 0.867. The zero-order chi connectivity index (χ0) is 58.5. The van der Waals surface area contributed by atoms with Crippen molar-refractivity contribution in [3.05, 3.63) is 48.6 Å². The van der Waals surface area contributed by atoms with Crippen LogP contribution in [-0.2, 0) is 14.3 Å². The van der Waals surface area contributed by atoms with Gasteiger partial charge < -0.3 is 20.3 Å². The van der Waals surface area contributed by atoms with Crippen LogP contribution in [0.1, 0.15) is 393 Å². The Morgan fingerprint density at radius 3 is 0.975 bits per heavy atom. The van der Waals surface area contributed by atoms with Gasteiger partial charge in [0.2, 0.25) is 5.91 Å². The average Bonchev–Trinajstić information content (AvgIpc) is 3.47. The van der Waals surface area contributed by atoms with Gasteiger partial charge in [0, 0.05) is 12.8 Å². The average molecular weight is 1140 g/mol. The summed E-state index contributed by atoms with van der Waals surface area (Å²) in [4.78, 5) is 24.6. The zero-order valence-corrected chi connectivity index (χ0v) is 54.5. The van der Waals surface area contributed by atoms with Crippen molar-refractivity contribution in [1.82, 2.24) is 5.32 Å². The van der Waals surface area contributed by atoms with Crippen LogP contribution in [0.15, 0.2) is 48.6 Å². The quantitative estimate of drug-likeness (QED) is 0.0320. The minimum atomic E-state index is -0.849. The number of aliphatic hydroxyl groups is 2. The molecule has 2 unspecified atom stereocenters. The molecule has 0 rings (SSSR count). The molecule has 0 bridgehead atoms. The molecule has 3 N–H and O–H groups in total. The van der Waals surface area contributed by atoms with Gasteiger partial charge in [-0.05, 0) is 89.9 Å². The maximum absolute atomic E-state index is 12.5. The van der Waals surface area contributed by atoms with E-state index in [-0.39, 0.29) is 18.5 Å². The summed E-state index contributed by atoms with van der Waals surface area (Å²) >= 11 is 0. The highest BCUT2D eigenvalue weighted by molar-refractivity contribution is 5.76. The molecule has 2 atom stereocenters. The first-order valence-corrected chi connectivity index (χ1v) is 36.4.